The zero-order chi connectivity index (χ0) is 26.8. The van der Waals surface area contributed by atoms with Gasteiger partial charge in [0.25, 0.3) is 0 Å². The van der Waals surface area contributed by atoms with Crippen LogP contribution in [-0.4, -0.2) is 51.8 Å². The monoisotopic (exact) mass is 498 g/mol. The van der Waals surface area contributed by atoms with Crippen LogP contribution in [0.15, 0.2) is 54.1 Å². The van der Waals surface area contributed by atoms with Gasteiger partial charge in [-0.05, 0) is 50.8 Å². The van der Waals surface area contributed by atoms with Gasteiger partial charge in [-0.15, -0.1) is 0 Å². The molecule has 1 aromatic carbocycles. The first-order valence-corrected chi connectivity index (χ1v) is 12.5. The van der Waals surface area contributed by atoms with E-state index in [4.69, 9.17) is 9.47 Å². The van der Waals surface area contributed by atoms with Crippen LogP contribution in [0.4, 0.5) is 0 Å². The SMILES string of the molecule is CC(=O)O[C@@H]1[C@H](C)/C=C/C(C)(C)C(=O)C[C@@H](O)/C(C)=C/[C@H]2[C@@H](OC(=O)c3ccccc3)[C@H](C)C[C@]12O. The highest BCUT2D eigenvalue weighted by molar-refractivity contribution is 5.89. The van der Waals surface area contributed by atoms with Crippen molar-refractivity contribution in [3.63, 3.8) is 0 Å². The molecule has 1 saturated carbocycles. The molecule has 2 aliphatic rings. The molecule has 0 unspecified atom stereocenters. The van der Waals surface area contributed by atoms with Crippen molar-refractivity contribution in [2.24, 2.45) is 23.2 Å². The minimum absolute atomic E-state index is 0.0867. The van der Waals surface area contributed by atoms with Crippen LogP contribution in [0.25, 0.3) is 0 Å². The number of aliphatic hydroxyl groups excluding tert-OH is 1. The van der Waals surface area contributed by atoms with E-state index in [9.17, 15) is 24.6 Å². The average molecular weight is 499 g/mol. The number of esters is 2. The highest BCUT2D eigenvalue weighted by atomic mass is 16.6. The molecule has 2 aliphatic carbocycles. The van der Waals surface area contributed by atoms with Crippen molar-refractivity contribution in [1.82, 2.24) is 0 Å². The third-order valence-corrected chi connectivity index (χ3v) is 7.54. The molecular weight excluding hydrogens is 460 g/mol. The predicted molar refractivity (Wildman–Crippen MR) is 135 cm³/mol. The predicted octanol–water partition coefficient (Wildman–Crippen LogP) is 4.03. The second-order valence-corrected chi connectivity index (χ2v) is 11.0. The van der Waals surface area contributed by atoms with Gasteiger partial charge in [-0.25, -0.2) is 4.79 Å². The molecular formula is C29H38O7. The van der Waals surface area contributed by atoms with Crippen LogP contribution < -0.4 is 0 Å². The van der Waals surface area contributed by atoms with Crippen molar-refractivity contribution in [3.05, 3.63) is 59.7 Å². The lowest BCUT2D eigenvalue weighted by Gasteiger charge is -2.40. The van der Waals surface area contributed by atoms with Gasteiger partial charge >= 0.3 is 11.9 Å². The van der Waals surface area contributed by atoms with Gasteiger partial charge in [0.2, 0.25) is 0 Å². The second kappa shape index (κ2) is 10.7. The number of carbonyl (C=O) groups is 3. The maximum atomic E-state index is 13.0. The summed E-state index contributed by atoms with van der Waals surface area (Å²) in [6.07, 6.45) is 2.55. The summed E-state index contributed by atoms with van der Waals surface area (Å²) in [5.41, 5.74) is -1.56. The van der Waals surface area contributed by atoms with E-state index in [-0.39, 0.29) is 24.5 Å². The zero-order valence-electron chi connectivity index (χ0n) is 21.9. The Bertz CT molecular complexity index is 1040. The van der Waals surface area contributed by atoms with Crippen LogP contribution in [0.1, 0.15) is 64.7 Å². The molecule has 196 valence electrons. The molecule has 0 aromatic heterocycles. The van der Waals surface area contributed by atoms with E-state index in [0.29, 0.717) is 11.1 Å². The minimum Gasteiger partial charge on any atom is -0.459 e. The number of rotatable bonds is 3. The van der Waals surface area contributed by atoms with Crippen molar-refractivity contribution in [1.29, 1.82) is 0 Å². The molecule has 0 bridgehead atoms. The summed E-state index contributed by atoms with van der Waals surface area (Å²) in [5, 5.41) is 23.0. The van der Waals surface area contributed by atoms with Gasteiger partial charge in [0.1, 0.15) is 23.6 Å². The summed E-state index contributed by atoms with van der Waals surface area (Å²) in [7, 11) is 0. The van der Waals surface area contributed by atoms with Gasteiger partial charge in [-0.1, -0.05) is 50.3 Å². The number of hydrogen-bond donors (Lipinski definition) is 2. The molecule has 0 radical (unpaired) electrons. The van der Waals surface area contributed by atoms with Gasteiger partial charge < -0.3 is 19.7 Å². The Kier molecular flexibility index (Phi) is 8.26. The van der Waals surface area contributed by atoms with Crippen LogP contribution in [0.2, 0.25) is 0 Å². The van der Waals surface area contributed by atoms with E-state index < -0.39 is 53.1 Å². The van der Waals surface area contributed by atoms with Crippen LogP contribution in [0, 0.1) is 23.2 Å². The molecule has 2 N–H and O–H groups in total. The average Bonchev–Trinajstić information content (AvgIpc) is 3.05. The van der Waals surface area contributed by atoms with E-state index in [0.717, 1.165) is 0 Å². The number of carbonyl (C=O) groups excluding carboxylic acids is 3. The molecule has 0 amide bonds. The lowest BCUT2D eigenvalue weighted by atomic mass is 9.75. The quantitative estimate of drug-likeness (QED) is 0.478. The van der Waals surface area contributed by atoms with Gasteiger partial charge in [-0.2, -0.15) is 0 Å². The maximum Gasteiger partial charge on any atom is 0.338 e. The zero-order valence-corrected chi connectivity index (χ0v) is 21.9. The highest BCUT2D eigenvalue weighted by Gasteiger charge is 2.58. The number of ether oxygens (including phenoxy) is 2. The van der Waals surface area contributed by atoms with Gasteiger partial charge in [0, 0.05) is 30.6 Å². The third-order valence-electron chi connectivity index (χ3n) is 7.54. The number of Topliss-reactive ketones (excluding diaryl/α,β-unsaturated/α-hetero) is 1. The molecule has 0 saturated heterocycles. The first-order chi connectivity index (χ1) is 16.8. The van der Waals surface area contributed by atoms with Crippen molar-refractivity contribution in [2.45, 2.75) is 78.3 Å². The Morgan fingerprint density at radius 2 is 1.72 bits per heavy atom. The van der Waals surface area contributed by atoms with Crippen LogP contribution in [0.3, 0.4) is 0 Å². The van der Waals surface area contributed by atoms with Crippen LogP contribution >= 0.6 is 0 Å². The summed E-state index contributed by atoms with van der Waals surface area (Å²) < 4.78 is 11.7. The number of benzene rings is 1. The van der Waals surface area contributed by atoms with Crippen molar-refractivity contribution in [3.8, 4) is 0 Å². The van der Waals surface area contributed by atoms with Crippen molar-refractivity contribution >= 4 is 17.7 Å². The molecule has 7 nitrogen and oxygen atoms in total. The summed E-state index contributed by atoms with van der Waals surface area (Å²) in [4.78, 5) is 38.0. The Morgan fingerprint density at radius 3 is 2.33 bits per heavy atom. The van der Waals surface area contributed by atoms with E-state index in [1.54, 1.807) is 69.3 Å². The number of aliphatic hydroxyl groups is 2. The molecule has 1 fully saturated rings. The summed E-state index contributed by atoms with van der Waals surface area (Å²) in [6.45, 7) is 10.2. The summed E-state index contributed by atoms with van der Waals surface area (Å²) >= 11 is 0. The molecule has 3 rings (SSSR count). The molecule has 0 aliphatic heterocycles. The second-order valence-electron chi connectivity index (χ2n) is 11.0. The minimum atomic E-state index is -1.58. The van der Waals surface area contributed by atoms with E-state index in [2.05, 4.69) is 0 Å². The normalized spacial score (nSPS) is 36.9. The third kappa shape index (κ3) is 5.79. The largest absolute Gasteiger partial charge is 0.459 e. The number of fused-ring (bicyclic) bond motifs is 1. The Balaban J connectivity index is 2.11. The topological polar surface area (TPSA) is 110 Å². The van der Waals surface area contributed by atoms with E-state index in [1.165, 1.54) is 6.92 Å². The molecule has 1 aromatic rings. The van der Waals surface area contributed by atoms with E-state index in [1.807, 2.05) is 13.8 Å². The first-order valence-electron chi connectivity index (χ1n) is 12.5. The van der Waals surface area contributed by atoms with Gasteiger partial charge in [0.15, 0.2) is 0 Å². The maximum absolute atomic E-state index is 13.0. The number of hydrogen-bond acceptors (Lipinski definition) is 7. The summed E-state index contributed by atoms with van der Waals surface area (Å²) in [5.74, 6) is -2.71. The van der Waals surface area contributed by atoms with Crippen molar-refractivity contribution in [2.75, 3.05) is 0 Å². The molecule has 36 heavy (non-hydrogen) atoms. The van der Waals surface area contributed by atoms with Crippen LogP contribution in [0.5, 0.6) is 0 Å². The highest BCUT2D eigenvalue weighted by Crippen LogP contribution is 2.48. The fourth-order valence-electron chi connectivity index (χ4n) is 5.33. The molecule has 7 atom stereocenters. The number of allylic oxidation sites excluding steroid dienone is 1. The Labute approximate surface area is 213 Å². The van der Waals surface area contributed by atoms with E-state index >= 15 is 0 Å². The molecule has 0 heterocycles. The summed E-state index contributed by atoms with van der Waals surface area (Å²) in [6, 6.07) is 8.59. The number of ketones is 1. The first kappa shape index (κ1) is 27.8. The lowest BCUT2D eigenvalue weighted by molar-refractivity contribution is -0.173. The van der Waals surface area contributed by atoms with Crippen LogP contribution in [-0.2, 0) is 19.1 Å². The molecule has 7 heteroatoms. The Morgan fingerprint density at radius 1 is 1.08 bits per heavy atom. The fraction of sp³-hybridized carbons (Fsp3) is 0.552. The molecule has 0 spiro atoms. The standard InChI is InChI=1S/C29H38O7/c1-17-12-13-28(5,6)24(32)15-23(31)18(2)14-22-25(36-27(33)21-10-8-7-9-11-21)19(3)16-29(22,34)26(17)35-20(4)30/h7-14,17,19,22-23,25-26,31,34H,15-16H2,1-6H3/b13-12+,18-14+/t17-,19-,22+,23-,25+,26-,29-/m1/s1. The smallest absolute Gasteiger partial charge is 0.338 e. The van der Waals surface area contributed by atoms with Crippen molar-refractivity contribution < 1.29 is 34.1 Å². The van der Waals surface area contributed by atoms with Gasteiger partial charge in [0.05, 0.1) is 11.7 Å². The fourth-order valence-corrected chi connectivity index (χ4v) is 5.33. The lowest BCUT2D eigenvalue weighted by Crippen LogP contribution is -2.52. The van der Waals surface area contributed by atoms with Gasteiger partial charge in [-0.3, -0.25) is 9.59 Å². The Hall–Kier alpha value is -2.77.